The number of carbonyl (C=O) groups is 1. The Balaban J connectivity index is 2.21. The fraction of sp³-hybridized carbons (Fsp3) is 0.308. The zero-order chi connectivity index (χ0) is 13.2. The van der Waals surface area contributed by atoms with Gasteiger partial charge < -0.3 is 4.98 Å². The number of fused-ring (bicyclic) bond motifs is 1. The Kier molecular flexibility index (Phi) is 3.41. The van der Waals surface area contributed by atoms with Crippen molar-refractivity contribution < 1.29 is 18.0 Å². The molecule has 0 spiro atoms. The number of H-pyrrole nitrogens is 1. The van der Waals surface area contributed by atoms with E-state index in [1.807, 2.05) is 6.07 Å². The highest BCUT2D eigenvalue weighted by Crippen LogP contribution is 2.25. The van der Waals surface area contributed by atoms with Gasteiger partial charge in [-0.05, 0) is 36.6 Å². The lowest BCUT2D eigenvalue weighted by atomic mass is 10.0. The quantitative estimate of drug-likeness (QED) is 0.826. The summed E-state index contributed by atoms with van der Waals surface area (Å²) in [6.07, 6.45) is -2.16. The van der Waals surface area contributed by atoms with E-state index in [1.165, 1.54) is 0 Å². The molecular weight excluding hydrogens is 243 g/mol. The average Bonchev–Trinajstić information content (AvgIpc) is 2.75. The fourth-order valence-electron chi connectivity index (χ4n) is 2.02. The van der Waals surface area contributed by atoms with E-state index in [4.69, 9.17) is 0 Å². The molecule has 0 radical (unpaired) electrons. The minimum atomic E-state index is -4.13. The number of carbonyl (C=O) groups excluding carboxylic acids is 1. The zero-order valence-corrected chi connectivity index (χ0v) is 9.55. The molecule has 0 atom stereocenters. The number of aryl methyl sites for hydroxylation is 1. The van der Waals surface area contributed by atoms with Gasteiger partial charge in [0.1, 0.15) is 6.29 Å². The molecule has 0 aliphatic carbocycles. The highest BCUT2D eigenvalue weighted by Gasteiger charge is 2.26. The molecule has 0 bridgehead atoms. The topological polar surface area (TPSA) is 32.9 Å². The van der Waals surface area contributed by atoms with Crippen molar-refractivity contribution in [2.75, 3.05) is 0 Å². The Morgan fingerprint density at radius 2 is 2.06 bits per heavy atom. The summed E-state index contributed by atoms with van der Waals surface area (Å²) in [6, 6.07) is 5.15. The lowest BCUT2D eigenvalue weighted by Crippen LogP contribution is -2.07. The molecule has 96 valence electrons. The van der Waals surface area contributed by atoms with Crippen LogP contribution in [0.5, 0.6) is 0 Å². The van der Waals surface area contributed by atoms with Crippen molar-refractivity contribution in [1.29, 1.82) is 0 Å². The minimum Gasteiger partial charge on any atom is -0.361 e. The van der Waals surface area contributed by atoms with Crippen molar-refractivity contribution in [3.63, 3.8) is 0 Å². The fourth-order valence-corrected chi connectivity index (χ4v) is 2.02. The number of benzene rings is 1. The Morgan fingerprint density at radius 1 is 1.28 bits per heavy atom. The van der Waals surface area contributed by atoms with Gasteiger partial charge in [0, 0.05) is 29.1 Å². The van der Waals surface area contributed by atoms with Crippen LogP contribution in [-0.2, 0) is 6.42 Å². The molecule has 1 aromatic carbocycles. The highest BCUT2D eigenvalue weighted by molar-refractivity contribution is 5.89. The maximum absolute atomic E-state index is 12.1. The average molecular weight is 255 g/mol. The SMILES string of the molecule is O=Cc1cc(CCCC(F)(F)F)c2cc[nH]c2c1. The number of aldehydes is 1. The van der Waals surface area contributed by atoms with Gasteiger partial charge in [-0.2, -0.15) is 13.2 Å². The van der Waals surface area contributed by atoms with Gasteiger partial charge in [0.05, 0.1) is 0 Å². The van der Waals surface area contributed by atoms with Crippen molar-refractivity contribution in [2.24, 2.45) is 0 Å². The maximum Gasteiger partial charge on any atom is 0.389 e. The molecule has 0 fully saturated rings. The molecule has 2 nitrogen and oxygen atoms in total. The predicted octanol–water partition coefficient (Wildman–Crippen LogP) is 3.87. The molecule has 2 rings (SSSR count). The number of aromatic amines is 1. The van der Waals surface area contributed by atoms with Crippen molar-refractivity contribution in [3.05, 3.63) is 35.5 Å². The number of alkyl halides is 3. The Bertz CT molecular complexity index is 557. The van der Waals surface area contributed by atoms with Gasteiger partial charge in [0.25, 0.3) is 0 Å². The van der Waals surface area contributed by atoms with E-state index in [9.17, 15) is 18.0 Å². The van der Waals surface area contributed by atoms with Crippen molar-refractivity contribution in [3.8, 4) is 0 Å². The normalized spacial score (nSPS) is 11.9. The van der Waals surface area contributed by atoms with E-state index >= 15 is 0 Å². The van der Waals surface area contributed by atoms with Crippen LogP contribution in [0, 0.1) is 0 Å². The Morgan fingerprint density at radius 3 is 2.72 bits per heavy atom. The van der Waals surface area contributed by atoms with Gasteiger partial charge in [-0.1, -0.05) is 0 Å². The maximum atomic E-state index is 12.1. The second kappa shape index (κ2) is 4.84. The molecule has 1 N–H and O–H groups in total. The van der Waals surface area contributed by atoms with Crippen LogP contribution in [0.15, 0.2) is 24.4 Å². The molecular formula is C13H12F3NO. The van der Waals surface area contributed by atoms with Crippen molar-refractivity contribution in [2.45, 2.75) is 25.4 Å². The molecule has 0 unspecified atom stereocenters. The molecule has 0 saturated carbocycles. The number of nitrogens with one attached hydrogen (secondary N) is 1. The molecule has 0 saturated heterocycles. The van der Waals surface area contributed by atoms with Crippen LogP contribution >= 0.6 is 0 Å². The van der Waals surface area contributed by atoms with Gasteiger partial charge in [-0.25, -0.2) is 0 Å². The largest absolute Gasteiger partial charge is 0.389 e. The second-order valence-electron chi connectivity index (χ2n) is 4.21. The summed E-state index contributed by atoms with van der Waals surface area (Å²) >= 11 is 0. The molecule has 18 heavy (non-hydrogen) atoms. The van der Waals surface area contributed by atoms with Gasteiger partial charge in [0.2, 0.25) is 0 Å². The number of halogens is 3. The minimum absolute atomic E-state index is 0.0338. The number of hydrogen-bond acceptors (Lipinski definition) is 1. The Hall–Kier alpha value is -1.78. The first kappa shape index (κ1) is 12.7. The van der Waals surface area contributed by atoms with Crippen LogP contribution in [0.2, 0.25) is 0 Å². The second-order valence-corrected chi connectivity index (χ2v) is 4.21. The van der Waals surface area contributed by atoms with Crippen molar-refractivity contribution >= 4 is 17.2 Å². The summed E-state index contributed by atoms with van der Waals surface area (Å²) in [5.41, 5.74) is 2.04. The van der Waals surface area contributed by atoms with E-state index in [1.54, 1.807) is 18.3 Å². The molecule has 5 heteroatoms. The van der Waals surface area contributed by atoms with E-state index in [0.717, 1.165) is 16.5 Å². The van der Waals surface area contributed by atoms with Gasteiger partial charge in [-0.3, -0.25) is 4.79 Å². The summed E-state index contributed by atoms with van der Waals surface area (Å²) < 4.78 is 36.3. The smallest absolute Gasteiger partial charge is 0.361 e. The van der Waals surface area contributed by atoms with E-state index in [2.05, 4.69) is 4.98 Å². The molecule has 0 amide bonds. The molecule has 1 heterocycles. The number of rotatable bonds is 4. The van der Waals surface area contributed by atoms with E-state index in [-0.39, 0.29) is 6.42 Å². The number of hydrogen-bond donors (Lipinski definition) is 1. The van der Waals surface area contributed by atoms with Crippen LogP contribution in [0.1, 0.15) is 28.8 Å². The van der Waals surface area contributed by atoms with Crippen molar-refractivity contribution in [1.82, 2.24) is 4.98 Å². The third-order valence-corrected chi connectivity index (χ3v) is 2.82. The molecule has 1 aromatic heterocycles. The summed E-state index contributed by atoms with van der Waals surface area (Å²) in [5.74, 6) is 0. The first-order valence-electron chi connectivity index (χ1n) is 5.61. The Labute approximate surface area is 102 Å². The van der Waals surface area contributed by atoms with Crippen LogP contribution in [0.3, 0.4) is 0 Å². The van der Waals surface area contributed by atoms with Gasteiger partial charge in [0.15, 0.2) is 0 Å². The van der Waals surface area contributed by atoms with E-state index in [0.29, 0.717) is 18.3 Å². The van der Waals surface area contributed by atoms with Crippen LogP contribution in [0.4, 0.5) is 13.2 Å². The van der Waals surface area contributed by atoms with Crippen LogP contribution in [-0.4, -0.2) is 17.4 Å². The first-order valence-corrected chi connectivity index (χ1v) is 5.61. The summed E-state index contributed by atoms with van der Waals surface area (Å²) in [5, 5.41) is 0.878. The lowest BCUT2D eigenvalue weighted by molar-refractivity contribution is -0.135. The van der Waals surface area contributed by atoms with Crippen LogP contribution in [0.25, 0.3) is 10.9 Å². The summed E-state index contributed by atoms with van der Waals surface area (Å²) in [6.45, 7) is 0. The number of aromatic nitrogens is 1. The summed E-state index contributed by atoms with van der Waals surface area (Å²) in [4.78, 5) is 13.7. The monoisotopic (exact) mass is 255 g/mol. The van der Waals surface area contributed by atoms with Gasteiger partial charge >= 0.3 is 6.18 Å². The molecule has 0 aliphatic rings. The lowest BCUT2D eigenvalue weighted by Gasteiger charge is -2.07. The third-order valence-electron chi connectivity index (χ3n) is 2.82. The zero-order valence-electron chi connectivity index (χ0n) is 9.55. The standard InChI is InChI=1S/C13H12F3NO/c14-13(15,16)4-1-2-10-6-9(8-18)7-12-11(10)3-5-17-12/h3,5-8,17H,1-2,4H2. The molecule has 2 aromatic rings. The molecule has 0 aliphatic heterocycles. The van der Waals surface area contributed by atoms with Gasteiger partial charge in [-0.15, -0.1) is 0 Å². The van der Waals surface area contributed by atoms with E-state index < -0.39 is 12.6 Å². The van der Waals surface area contributed by atoms with Crippen LogP contribution < -0.4 is 0 Å². The summed E-state index contributed by atoms with van der Waals surface area (Å²) in [7, 11) is 0. The predicted molar refractivity (Wildman–Crippen MR) is 62.7 cm³/mol. The third kappa shape index (κ3) is 2.91. The first-order chi connectivity index (χ1) is 8.49. The highest BCUT2D eigenvalue weighted by atomic mass is 19.4.